The quantitative estimate of drug-likeness (QED) is 0.508. The van der Waals surface area contributed by atoms with Crippen molar-refractivity contribution in [2.45, 2.75) is 59.3 Å². The molecule has 0 spiro atoms. The second-order valence-electron chi connectivity index (χ2n) is 4.90. The van der Waals surface area contributed by atoms with Gasteiger partial charge in [0, 0.05) is 0 Å². The van der Waals surface area contributed by atoms with Crippen LogP contribution in [0.25, 0.3) is 0 Å². The van der Waals surface area contributed by atoms with Crippen LogP contribution in [0, 0.1) is 5.92 Å². The first-order valence-electron chi connectivity index (χ1n) is 6.35. The molecule has 0 radical (unpaired) electrons. The maximum absolute atomic E-state index is 2.48. The average Bonchev–Trinajstić information content (AvgIpc) is 2.14. The lowest BCUT2D eigenvalue weighted by molar-refractivity contribution is 0.302. The van der Waals surface area contributed by atoms with Crippen LogP contribution in [0.1, 0.15) is 59.3 Å². The molecule has 0 aliphatic carbocycles. The van der Waals surface area contributed by atoms with Crippen LogP contribution in [-0.4, -0.2) is 25.0 Å². The summed E-state index contributed by atoms with van der Waals surface area (Å²) in [5.74, 6) is 0.845. The minimum atomic E-state index is 0.845. The van der Waals surface area contributed by atoms with Crippen molar-refractivity contribution in [3.63, 3.8) is 0 Å². The highest BCUT2D eigenvalue weighted by Crippen LogP contribution is 2.05. The van der Waals surface area contributed by atoms with E-state index in [1.54, 1.807) is 0 Å². The van der Waals surface area contributed by atoms with Gasteiger partial charge in [0.15, 0.2) is 0 Å². The molecule has 0 N–H and O–H groups in total. The fourth-order valence-corrected chi connectivity index (χ4v) is 1.58. The zero-order valence-electron chi connectivity index (χ0n) is 10.7. The molecule has 0 aliphatic rings. The van der Waals surface area contributed by atoms with Gasteiger partial charge in [-0.2, -0.15) is 0 Å². The van der Waals surface area contributed by atoms with Crippen LogP contribution >= 0.6 is 0 Å². The number of hydrogen-bond donors (Lipinski definition) is 0. The Morgan fingerprint density at radius 2 is 1.57 bits per heavy atom. The van der Waals surface area contributed by atoms with E-state index in [9.17, 15) is 0 Å². The lowest BCUT2D eigenvalue weighted by Gasteiger charge is -2.17. The van der Waals surface area contributed by atoms with E-state index in [1.165, 1.54) is 51.6 Å². The Balaban J connectivity index is 3.14. The highest BCUT2D eigenvalue weighted by Gasteiger charge is 1.99. The molecule has 0 bridgehead atoms. The lowest BCUT2D eigenvalue weighted by atomic mass is 10.1. The number of nitrogens with zero attached hydrogens (tertiary/aromatic N) is 1. The van der Waals surface area contributed by atoms with Crippen LogP contribution in [0.3, 0.4) is 0 Å². The highest BCUT2D eigenvalue weighted by molar-refractivity contribution is 4.54. The van der Waals surface area contributed by atoms with Gasteiger partial charge >= 0.3 is 0 Å². The van der Waals surface area contributed by atoms with Crippen LogP contribution in [0.2, 0.25) is 0 Å². The van der Waals surface area contributed by atoms with Gasteiger partial charge in [-0.05, 0) is 38.9 Å². The molecule has 1 nitrogen and oxygen atoms in total. The van der Waals surface area contributed by atoms with Crippen LogP contribution in [0.15, 0.2) is 0 Å². The zero-order chi connectivity index (χ0) is 10.8. The van der Waals surface area contributed by atoms with Gasteiger partial charge in [0.05, 0.1) is 0 Å². The summed E-state index contributed by atoms with van der Waals surface area (Å²) in [7, 11) is 2.25. The van der Waals surface area contributed by atoms with Crippen LogP contribution in [-0.2, 0) is 0 Å². The monoisotopic (exact) mass is 199 g/mol. The van der Waals surface area contributed by atoms with Gasteiger partial charge in [-0.1, -0.05) is 46.5 Å². The number of hydrogen-bond acceptors (Lipinski definition) is 1. The molecule has 0 aliphatic heterocycles. The second-order valence-corrected chi connectivity index (χ2v) is 4.90. The Morgan fingerprint density at radius 1 is 0.929 bits per heavy atom. The fraction of sp³-hybridized carbons (Fsp3) is 1.00. The molecule has 0 aromatic heterocycles. The summed E-state index contributed by atoms with van der Waals surface area (Å²) in [5, 5.41) is 0. The van der Waals surface area contributed by atoms with Crippen molar-refractivity contribution < 1.29 is 0 Å². The van der Waals surface area contributed by atoms with E-state index >= 15 is 0 Å². The van der Waals surface area contributed by atoms with Gasteiger partial charge in [0.2, 0.25) is 0 Å². The smallest absolute Gasteiger partial charge is 0.00194 e. The van der Waals surface area contributed by atoms with Crippen LogP contribution in [0.4, 0.5) is 0 Å². The molecular weight excluding hydrogens is 170 g/mol. The Kier molecular flexibility index (Phi) is 9.49. The first-order chi connectivity index (χ1) is 6.66. The third-order valence-electron chi connectivity index (χ3n) is 2.73. The molecule has 86 valence electrons. The molecule has 0 atom stereocenters. The van der Waals surface area contributed by atoms with Crippen molar-refractivity contribution in [1.82, 2.24) is 4.90 Å². The van der Waals surface area contributed by atoms with Crippen LogP contribution < -0.4 is 0 Å². The summed E-state index contributed by atoms with van der Waals surface area (Å²) < 4.78 is 0. The molecule has 0 saturated heterocycles. The van der Waals surface area contributed by atoms with Gasteiger partial charge in [0.25, 0.3) is 0 Å². The van der Waals surface area contributed by atoms with Crippen molar-refractivity contribution in [2.75, 3.05) is 20.1 Å². The van der Waals surface area contributed by atoms with Crippen molar-refractivity contribution in [3.05, 3.63) is 0 Å². The highest BCUT2D eigenvalue weighted by atomic mass is 15.1. The Morgan fingerprint density at radius 3 is 2.14 bits per heavy atom. The molecule has 0 fully saturated rings. The SMILES string of the molecule is CCCCCCCN(C)CCC(C)C. The normalized spacial score (nSPS) is 11.6. The summed E-state index contributed by atoms with van der Waals surface area (Å²) >= 11 is 0. The Hall–Kier alpha value is -0.0400. The molecular formula is C13H29N. The minimum absolute atomic E-state index is 0.845. The summed E-state index contributed by atoms with van der Waals surface area (Å²) in [6.07, 6.45) is 8.33. The molecule has 0 amide bonds. The molecule has 0 unspecified atom stereocenters. The molecule has 0 rings (SSSR count). The third-order valence-corrected chi connectivity index (χ3v) is 2.73. The molecule has 1 heteroatoms. The fourth-order valence-electron chi connectivity index (χ4n) is 1.58. The second kappa shape index (κ2) is 9.51. The van der Waals surface area contributed by atoms with Crippen molar-refractivity contribution in [3.8, 4) is 0 Å². The lowest BCUT2D eigenvalue weighted by Crippen LogP contribution is -2.21. The summed E-state index contributed by atoms with van der Waals surface area (Å²) in [6.45, 7) is 9.43. The molecule has 0 aromatic carbocycles. The van der Waals surface area contributed by atoms with Crippen LogP contribution in [0.5, 0.6) is 0 Å². The van der Waals surface area contributed by atoms with Gasteiger partial charge in [-0.3, -0.25) is 0 Å². The van der Waals surface area contributed by atoms with E-state index < -0.39 is 0 Å². The minimum Gasteiger partial charge on any atom is -0.306 e. The van der Waals surface area contributed by atoms with Gasteiger partial charge in [0.1, 0.15) is 0 Å². The predicted molar refractivity (Wildman–Crippen MR) is 65.7 cm³/mol. The number of unbranched alkanes of at least 4 members (excludes halogenated alkanes) is 4. The van der Waals surface area contributed by atoms with E-state index in [2.05, 4.69) is 32.7 Å². The van der Waals surface area contributed by atoms with Crippen molar-refractivity contribution >= 4 is 0 Å². The van der Waals surface area contributed by atoms with E-state index in [0.29, 0.717) is 0 Å². The zero-order valence-corrected chi connectivity index (χ0v) is 10.7. The maximum atomic E-state index is 2.48. The first-order valence-corrected chi connectivity index (χ1v) is 6.35. The van der Waals surface area contributed by atoms with E-state index in [-0.39, 0.29) is 0 Å². The first kappa shape index (κ1) is 14.0. The molecule has 0 saturated carbocycles. The van der Waals surface area contributed by atoms with Gasteiger partial charge in [-0.15, -0.1) is 0 Å². The Bertz CT molecular complexity index is 110. The topological polar surface area (TPSA) is 3.24 Å². The summed E-state index contributed by atoms with van der Waals surface area (Å²) in [4.78, 5) is 2.48. The maximum Gasteiger partial charge on any atom is -0.00194 e. The number of rotatable bonds is 9. The molecule has 0 heterocycles. The third kappa shape index (κ3) is 10.0. The average molecular weight is 199 g/mol. The van der Waals surface area contributed by atoms with Crippen molar-refractivity contribution in [1.29, 1.82) is 0 Å². The molecule has 0 aromatic rings. The molecule has 14 heavy (non-hydrogen) atoms. The Labute approximate surface area is 90.9 Å². The predicted octanol–water partition coefficient (Wildman–Crippen LogP) is 3.93. The van der Waals surface area contributed by atoms with E-state index in [0.717, 1.165) is 5.92 Å². The summed E-state index contributed by atoms with van der Waals surface area (Å²) in [5.41, 5.74) is 0. The van der Waals surface area contributed by atoms with E-state index in [1.807, 2.05) is 0 Å². The van der Waals surface area contributed by atoms with Crippen molar-refractivity contribution in [2.24, 2.45) is 5.92 Å². The summed E-state index contributed by atoms with van der Waals surface area (Å²) in [6, 6.07) is 0. The van der Waals surface area contributed by atoms with Gasteiger partial charge in [-0.25, -0.2) is 0 Å². The largest absolute Gasteiger partial charge is 0.306 e. The van der Waals surface area contributed by atoms with E-state index in [4.69, 9.17) is 0 Å². The van der Waals surface area contributed by atoms with Gasteiger partial charge < -0.3 is 4.90 Å². The standard InChI is InChI=1S/C13H29N/c1-5-6-7-8-9-11-14(4)12-10-13(2)3/h13H,5-12H2,1-4H3.